The second kappa shape index (κ2) is 5.35. The number of rotatable bonds is 6. The molecule has 3 rings (SSSR count). The van der Waals surface area contributed by atoms with Gasteiger partial charge in [0.05, 0.1) is 12.1 Å². The molecule has 1 atom stereocenters. The number of hydrogen-bond donors (Lipinski definition) is 1. The molecular formula is C16H22N2O. The fraction of sp³-hybridized carbons (Fsp3) is 0.500. The molecule has 0 saturated heterocycles. The van der Waals surface area contributed by atoms with Crippen LogP contribution in [0.4, 0.5) is 0 Å². The fourth-order valence-electron chi connectivity index (χ4n) is 2.44. The van der Waals surface area contributed by atoms with Crippen LogP contribution in [0.15, 0.2) is 30.5 Å². The summed E-state index contributed by atoms with van der Waals surface area (Å²) < 4.78 is 7.95. The summed E-state index contributed by atoms with van der Waals surface area (Å²) in [6.07, 6.45) is 5.70. The summed E-state index contributed by atoms with van der Waals surface area (Å²) in [5, 5.41) is 1.27. The van der Waals surface area contributed by atoms with Crippen molar-refractivity contribution in [1.29, 1.82) is 0 Å². The quantitative estimate of drug-likeness (QED) is 0.865. The Hall–Kier alpha value is -1.32. The Balaban J connectivity index is 1.74. The maximum atomic E-state index is 5.87. The van der Waals surface area contributed by atoms with Crippen LogP contribution < -0.4 is 5.73 Å². The van der Waals surface area contributed by atoms with Gasteiger partial charge in [-0.15, -0.1) is 0 Å². The van der Waals surface area contributed by atoms with E-state index in [4.69, 9.17) is 10.5 Å². The van der Waals surface area contributed by atoms with E-state index in [1.807, 2.05) is 6.92 Å². The van der Waals surface area contributed by atoms with E-state index in [-0.39, 0.29) is 6.04 Å². The zero-order chi connectivity index (χ0) is 13.2. The summed E-state index contributed by atoms with van der Waals surface area (Å²) in [5.74, 6) is 0.815. The van der Waals surface area contributed by atoms with Gasteiger partial charge in [0.25, 0.3) is 0 Å². The summed E-state index contributed by atoms with van der Waals surface area (Å²) in [6.45, 7) is 3.60. The number of nitrogens with zero attached hydrogens (tertiary/aromatic N) is 1. The molecule has 1 saturated carbocycles. The summed E-state index contributed by atoms with van der Waals surface area (Å²) >= 11 is 0. The summed E-state index contributed by atoms with van der Waals surface area (Å²) in [5.41, 5.74) is 8.41. The zero-order valence-electron chi connectivity index (χ0n) is 11.5. The number of nitrogens with two attached hydrogens (primary N) is 1. The van der Waals surface area contributed by atoms with Crippen molar-refractivity contribution in [3.8, 4) is 0 Å². The smallest absolute Gasteiger partial charge is 0.122 e. The van der Waals surface area contributed by atoms with Crippen molar-refractivity contribution in [3.63, 3.8) is 0 Å². The third-order valence-corrected chi connectivity index (χ3v) is 3.68. The van der Waals surface area contributed by atoms with Crippen molar-refractivity contribution in [3.05, 3.63) is 36.0 Å². The Labute approximate surface area is 114 Å². The Morgan fingerprint density at radius 2 is 2.21 bits per heavy atom. The minimum atomic E-state index is 0.201. The minimum Gasteiger partial charge on any atom is -0.360 e. The van der Waals surface area contributed by atoms with E-state index in [0.717, 1.165) is 18.9 Å². The second-order valence-corrected chi connectivity index (χ2v) is 5.80. The van der Waals surface area contributed by atoms with Crippen molar-refractivity contribution in [2.75, 3.05) is 6.61 Å². The van der Waals surface area contributed by atoms with E-state index in [1.54, 1.807) is 0 Å². The van der Waals surface area contributed by atoms with Crippen LogP contribution in [0.25, 0.3) is 10.9 Å². The lowest BCUT2D eigenvalue weighted by molar-refractivity contribution is 0.0718. The van der Waals surface area contributed by atoms with Gasteiger partial charge in [0, 0.05) is 12.2 Å². The molecule has 1 aliphatic rings. The van der Waals surface area contributed by atoms with E-state index in [2.05, 4.69) is 35.0 Å². The summed E-state index contributed by atoms with van der Waals surface area (Å²) in [6, 6.07) is 8.92. The highest BCUT2D eigenvalue weighted by atomic mass is 16.5. The van der Waals surface area contributed by atoms with E-state index in [9.17, 15) is 0 Å². The maximum absolute atomic E-state index is 5.87. The largest absolute Gasteiger partial charge is 0.360 e. The lowest BCUT2D eigenvalue weighted by Gasteiger charge is -2.09. The lowest BCUT2D eigenvalue weighted by Crippen LogP contribution is -2.17. The third-order valence-electron chi connectivity index (χ3n) is 3.68. The first-order valence-electron chi connectivity index (χ1n) is 7.13. The lowest BCUT2D eigenvalue weighted by atomic mass is 10.1. The SMILES string of the molecule is CC(N)Cc1ccc2ccn(COCC3CC3)c2c1. The van der Waals surface area contributed by atoms with Crippen LogP contribution in [0.1, 0.15) is 25.3 Å². The molecule has 1 aromatic heterocycles. The van der Waals surface area contributed by atoms with Crippen molar-refractivity contribution in [2.24, 2.45) is 11.7 Å². The highest BCUT2D eigenvalue weighted by Gasteiger charge is 2.21. The van der Waals surface area contributed by atoms with Gasteiger partial charge in [-0.05, 0) is 55.2 Å². The third kappa shape index (κ3) is 3.17. The average Bonchev–Trinajstić information content (AvgIpc) is 3.10. The standard InChI is InChI=1S/C16H22N2O/c1-12(17)8-14-4-5-15-6-7-18(16(15)9-14)11-19-10-13-2-3-13/h4-7,9,12-13H,2-3,8,10-11,17H2,1H3. The Morgan fingerprint density at radius 1 is 1.37 bits per heavy atom. The molecule has 0 aliphatic heterocycles. The van der Waals surface area contributed by atoms with Crippen molar-refractivity contribution < 1.29 is 4.74 Å². The number of aromatic nitrogens is 1. The van der Waals surface area contributed by atoms with Gasteiger partial charge in [-0.3, -0.25) is 0 Å². The predicted octanol–water partition coefficient (Wildman–Crippen LogP) is 2.92. The van der Waals surface area contributed by atoms with Gasteiger partial charge in [-0.25, -0.2) is 0 Å². The first kappa shape index (κ1) is 12.7. The minimum absolute atomic E-state index is 0.201. The van der Waals surface area contributed by atoms with Crippen LogP contribution >= 0.6 is 0 Å². The molecule has 1 fully saturated rings. The molecule has 1 aromatic carbocycles. The molecular weight excluding hydrogens is 236 g/mol. The van der Waals surface area contributed by atoms with Gasteiger partial charge in [-0.2, -0.15) is 0 Å². The molecule has 0 bridgehead atoms. The monoisotopic (exact) mass is 258 g/mol. The first-order chi connectivity index (χ1) is 9.22. The van der Waals surface area contributed by atoms with E-state index < -0.39 is 0 Å². The highest BCUT2D eigenvalue weighted by Crippen LogP contribution is 2.29. The van der Waals surface area contributed by atoms with Gasteiger partial charge in [0.2, 0.25) is 0 Å². The summed E-state index contributed by atoms with van der Waals surface area (Å²) in [4.78, 5) is 0. The van der Waals surface area contributed by atoms with Crippen LogP contribution in [0.3, 0.4) is 0 Å². The fourth-order valence-corrected chi connectivity index (χ4v) is 2.44. The molecule has 3 nitrogen and oxygen atoms in total. The molecule has 102 valence electrons. The average molecular weight is 258 g/mol. The number of hydrogen-bond acceptors (Lipinski definition) is 2. The molecule has 0 spiro atoms. The van der Waals surface area contributed by atoms with Gasteiger partial charge < -0.3 is 15.0 Å². The van der Waals surface area contributed by atoms with E-state index in [0.29, 0.717) is 6.73 Å². The highest BCUT2D eigenvalue weighted by molar-refractivity contribution is 5.80. The van der Waals surface area contributed by atoms with Crippen molar-refractivity contribution in [2.45, 2.75) is 39.0 Å². The molecule has 1 unspecified atom stereocenters. The zero-order valence-corrected chi connectivity index (χ0v) is 11.5. The Kier molecular flexibility index (Phi) is 3.58. The number of benzene rings is 1. The Morgan fingerprint density at radius 3 is 2.95 bits per heavy atom. The molecule has 0 amide bonds. The van der Waals surface area contributed by atoms with Crippen molar-refractivity contribution in [1.82, 2.24) is 4.57 Å². The molecule has 0 radical (unpaired) electrons. The summed E-state index contributed by atoms with van der Waals surface area (Å²) in [7, 11) is 0. The molecule has 1 heterocycles. The van der Waals surface area contributed by atoms with Gasteiger partial charge in [0.1, 0.15) is 6.73 Å². The molecule has 3 heteroatoms. The van der Waals surface area contributed by atoms with Crippen LogP contribution in [-0.4, -0.2) is 17.2 Å². The molecule has 19 heavy (non-hydrogen) atoms. The first-order valence-corrected chi connectivity index (χ1v) is 7.13. The van der Waals surface area contributed by atoms with Gasteiger partial charge in [-0.1, -0.05) is 12.1 Å². The van der Waals surface area contributed by atoms with Crippen molar-refractivity contribution >= 4 is 10.9 Å². The topological polar surface area (TPSA) is 40.2 Å². The van der Waals surface area contributed by atoms with E-state index in [1.165, 1.54) is 29.3 Å². The van der Waals surface area contributed by atoms with Crippen LogP contribution in [-0.2, 0) is 17.9 Å². The number of ether oxygens (including phenoxy) is 1. The number of fused-ring (bicyclic) bond motifs is 1. The predicted molar refractivity (Wildman–Crippen MR) is 78.0 cm³/mol. The molecule has 1 aliphatic carbocycles. The van der Waals surface area contributed by atoms with Gasteiger partial charge in [0.15, 0.2) is 0 Å². The molecule has 2 N–H and O–H groups in total. The van der Waals surface area contributed by atoms with Crippen LogP contribution in [0.5, 0.6) is 0 Å². The van der Waals surface area contributed by atoms with Gasteiger partial charge >= 0.3 is 0 Å². The van der Waals surface area contributed by atoms with Crippen LogP contribution in [0.2, 0.25) is 0 Å². The van der Waals surface area contributed by atoms with Crippen LogP contribution in [0, 0.1) is 5.92 Å². The second-order valence-electron chi connectivity index (χ2n) is 5.80. The Bertz CT molecular complexity index is 555. The molecule has 2 aromatic rings. The maximum Gasteiger partial charge on any atom is 0.122 e. The normalized spacial score (nSPS) is 16.9. The van der Waals surface area contributed by atoms with E-state index >= 15 is 0 Å².